The van der Waals surface area contributed by atoms with E-state index in [1.54, 1.807) is 30.3 Å². The van der Waals surface area contributed by atoms with Gasteiger partial charge in [-0.25, -0.2) is 0 Å². The average molecular weight is 411 g/mol. The number of fused-ring (bicyclic) bond motifs is 1. The van der Waals surface area contributed by atoms with Gasteiger partial charge in [-0.1, -0.05) is 41.1 Å². The molecule has 10 heteroatoms. The minimum absolute atomic E-state index is 0.0800. The van der Waals surface area contributed by atoms with Crippen LogP contribution in [-0.4, -0.2) is 19.8 Å². The van der Waals surface area contributed by atoms with Gasteiger partial charge in [0.25, 0.3) is 5.82 Å². The summed E-state index contributed by atoms with van der Waals surface area (Å²) in [4.78, 5) is 0.0800. The van der Waals surface area contributed by atoms with Crippen molar-refractivity contribution < 1.29 is 17.9 Å². The molecule has 2 aromatic heterocycles. The van der Waals surface area contributed by atoms with Gasteiger partial charge >= 0.3 is 6.18 Å². The molecule has 2 heterocycles. The molecule has 138 valence electrons. The van der Waals surface area contributed by atoms with Crippen molar-refractivity contribution in [2.75, 3.05) is 0 Å². The van der Waals surface area contributed by atoms with Crippen LogP contribution in [0.1, 0.15) is 11.4 Å². The summed E-state index contributed by atoms with van der Waals surface area (Å²) in [5.74, 6) is -0.530. The molecule has 4 rings (SSSR count). The zero-order chi connectivity index (χ0) is 19.0. The van der Waals surface area contributed by atoms with E-state index in [1.165, 1.54) is 0 Å². The number of hydrogen-bond donors (Lipinski definition) is 0. The molecule has 0 fully saturated rings. The van der Waals surface area contributed by atoms with Crippen molar-refractivity contribution >= 4 is 27.9 Å². The van der Waals surface area contributed by atoms with Crippen LogP contribution in [0.15, 0.2) is 48.5 Å². The normalized spacial score (nSPS) is 11.9. The number of alkyl halides is 3. The molecule has 0 amide bonds. The maximum atomic E-state index is 12.9. The Morgan fingerprint density at radius 1 is 1.04 bits per heavy atom. The fourth-order valence-corrected chi connectivity index (χ4v) is 3.42. The van der Waals surface area contributed by atoms with E-state index in [1.807, 2.05) is 18.2 Å². The fourth-order valence-electron chi connectivity index (χ4n) is 2.38. The highest BCUT2D eigenvalue weighted by atomic mass is 35.5. The van der Waals surface area contributed by atoms with Gasteiger partial charge in [-0.3, -0.25) is 0 Å². The van der Waals surface area contributed by atoms with Gasteiger partial charge in [-0.05, 0) is 30.3 Å². The number of rotatable bonds is 4. The quantitative estimate of drug-likeness (QED) is 0.469. The number of benzene rings is 2. The number of aromatic nitrogens is 4. The second-order valence-corrected chi connectivity index (χ2v) is 6.89. The molecule has 0 radical (unpaired) electrons. The highest BCUT2D eigenvalue weighted by molar-refractivity contribution is 7.19. The third kappa shape index (κ3) is 3.60. The van der Waals surface area contributed by atoms with Crippen LogP contribution >= 0.6 is 22.9 Å². The van der Waals surface area contributed by atoms with Gasteiger partial charge in [0.05, 0.1) is 0 Å². The van der Waals surface area contributed by atoms with Crippen LogP contribution in [0.5, 0.6) is 5.75 Å². The molecule has 5 nitrogen and oxygen atoms in total. The molecule has 2 aromatic carbocycles. The molecule has 0 aliphatic rings. The molecule has 27 heavy (non-hydrogen) atoms. The molecule has 0 spiro atoms. The largest absolute Gasteiger partial charge is 0.489 e. The van der Waals surface area contributed by atoms with Crippen LogP contribution in [0.4, 0.5) is 13.2 Å². The predicted molar refractivity (Wildman–Crippen MR) is 94.9 cm³/mol. The molecular formula is C17H10ClF3N4OS. The monoisotopic (exact) mass is 410 g/mol. The second kappa shape index (κ2) is 6.82. The first-order chi connectivity index (χ1) is 12.9. The zero-order valence-corrected chi connectivity index (χ0v) is 15.0. The van der Waals surface area contributed by atoms with Gasteiger partial charge in [-0.2, -0.15) is 22.8 Å². The number of ether oxygens (including phenoxy) is 1. The molecule has 0 aliphatic heterocycles. The Morgan fingerprint density at radius 3 is 2.48 bits per heavy atom. The van der Waals surface area contributed by atoms with Crippen molar-refractivity contribution in [2.24, 2.45) is 0 Å². The number of hydrogen-bond acceptors (Lipinski definition) is 5. The van der Waals surface area contributed by atoms with E-state index in [9.17, 15) is 13.2 Å². The van der Waals surface area contributed by atoms with Crippen molar-refractivity contribution in [3.63, 3.8) is 0 Å². The zero-order valence-electron chi connectivity index (χ0n) is 13.4. The molecule has 0 unspecified atom stereocenters. The third-order valence-corrected chi connectivity index (χ3v) is 5.01. The van der Waals surface area contributed by atoms with Crippen molar-refractivity contribution in [1.82, 2.24) is 19.8 Å². The summed E-state index contributed by atoms with van der Waals surface area (Å²) in [5.41, 5.74) is 1.51. The first-order valence-corrected chi connectivity index (χ1v) is 8.87. The third-order valence-electron chi connectivity index (χ3n) is 3.70. The van der Waals surface area contributed by atoms with Gasteiger partial charge in [0, 0.05) is 16.1 Å². The minimum atomic E-state index is -4.61. The Morgan fingerprint density at radius 2 is 1.78 bits per heavy atom. The number of nitrogens with zero attached hydrogens (tertiary/aromatic N) is 4. The maximum Gasteiger partial charge on any atom is 0.453 e. The van der Waals surface area contributed by atoms with E-state index in [-0.39, 0.29) is 4.96 Å². The first-order valence-electron chi connectivity index (χ1n) is 7.68. The lowest BCUT2D eigenvalue weighted by atomic mass is 10.2. The Balaban J connectivity index is 1.53. The van der Waals surface area contributed by atoms with Crippen LogP contribution in [0.25, 0.3) is 15.5 Å². The molecular weight excluding hydrogens is 401 g/mol. The smallest absolute Gasteiger partial charge is 0.453 e. The second-order valence-electron chi connectivity index (χ2n) is 5.53. The van der Waals surface area contributed by atoms with E-state index < -0.39 is 12.0 Å². The molecule has 0 atom stereocenters. The lowest BCUT2D eigenvalue weighted by molar-refractivity contribution is -0.146. The highest BCUT2D eigenvalue weighted by Gasteiger charge is 2.38. The first kappa shape index (κ1) is 17.7. The Bertz CT molecular complexity index is 1090. The van der Waals surface area contributed by atoms with Gasteiger partial charge < -0.3 is 4.74 Å². The van der Waals surface area contributed by atoms with Gasteiger partial charge in [0.15, 0.2) is 0 Å². The summed E-state index contributed by atoms with van der Waals surface area (Å²) in [6.45, 7) is 0.310. The van der Waals surface area contributed by atoms with E-state index in [4.69, 9.17) is 16.3 Å². The molecule has 0 saturated carbocycles. The highest BCUT2D eigenvalue weighted by Crippen LogP contribution is 2.32. The molecule has 0 bridgehead atoms. The fraction of sp³-hybridized carbons (Fsp3) is 0.118. The summed E-state index contributed by atoms with van der Waals surface area (Å²) >= 11 is 7.11. The van der Waals surface area contributed by atoms with Crippen LogP contribution in [0, 0.1) is 0 Å². The SMILES string of the molecule is FC(F)(F)c1nnc2sc(-c3ccc(OCc4ccccc4Cl)cc3)nn12. The maximum absolute atomic E-state index is 12.9. The summed E-state index contributed by atoms with van der Waals surface area (Å²) in [5, 5.41) is 11.7. The summed E-state index contributed by atoms with van der Waals surface area (Å²) in [7, 11) is 0. The summed E-state index contributed by atoms with van der Waals surface area (Å²) in [6.07, 6.45) is -4.61. The molecule has 0 aliphatic carbocycles. The van der Waals surface area contributed by atoms with Crippen LogP contribution in [0.2, 0.25) is 5.02 Å². The van der Waals surface area contributed by atoms with Crippen LogP contribution < -0.4 is 4.74 Å². The predicted octanol–water partition coefficient (Wildman–Crippen LogP) is 5.10. The van der Waals surface area contributed by atoms with Crippen LogP contribution in [-0.2, 0) is 12.8 Å². The van der Waals surface area contributed by atoms with Crippen molar-refractivity contribution in [2.45, 2.75) is 12.8 Å². The van der Waals surface area contributed by atoms with Crippen molar-refractivity contribution in [3.05, 3.63) is 64.9 Å². The van der Waals surface area contributed by atoms with E-state index in [0.717, 1.165) is 16.9 Å². The van der Waals surface area contributed by atoms with Crippen LogP contribution in [0.3, 0.4) is 0 Å². The lowest BCUT2D eigenvalue weighted by Gasteiger charge is -2.08. The lowest BCUT2D eigenvalue weighted by Crippen LogP contribution is -2.11. The van der Waals surface area contributed by atoms with Gasteiger partial charge in [0.1, 0.15) is 17.4 Å². The van der Waals surface area contributed by atoms with Gasteiger partial charge in [-0.15, -0.1) is 10.2 Å². The van der Waals surface area contributed by atoms with E-state index >= 15 is 0 Å². The van der Waals surface area contributed by atoms with Crippen molar-refractivity contribution in [3.8, 4) is 16.3 Å². The summed E-state index contributed by atoms with van der Waals surface area (Å²) in [6, 6.07) is 14.3. The topological polar surface area (TPSA) is 52.3 Å². The Labute approximate surface area is 160 Å². The Kier molecular flexibility index (Phi) is 4.48. The average Bonchev–Trinajstić information content (AvgIpc) is 3.21. The van der Waals surface area contributed by atoms with E-state index in [2.05, 4.69) is 15.3 Å². The van der Waals surface area contributed by atoms with Crippen molar-refractivity contribution in [1.29, 1.82) is 0 Å². The molecule has 0 N–H and O–H groups in total. The Hall–Kier alpha value is -2.65. The standard InChI is InChI=1S/C17H10ClF3N4OS/c18-13-4-2-1-3-11(13)9-26-12-7-5-10(6-8-12)14-24-25-15(17(19,20)21)22-23-16(25)27-14/h1-8H,9H2. The number of halogens is 4. The minimum Gasteiger partial charge on any atom is -0.489 e. The molecule has 0 saturated heterocycles. The van der Waals surface area contributed by atoms with E-state index in [0.29, 0.717) is 32.5 Å². The summed E-state index contributed by atoms with van der Waals surface area (Å²) < 4.78 is 45.1. The van der Waals surface area contributed by atoms with Gasteiger partial charge in [0.2, 0.25) is 4.96 Å². The molecule has 4 aromatic rings.